The molecule has 0 aliphatic carbocycles. The third-order valence-corrected chi connectivity index (χ3v) is 3.22. The van der Waals surface area contributed by atoms with Crippen molar-refractivity contribution in [3.63, 3.8) is 0 Å². The maximum atomic E-state index is 9.78. The number of aliphatic hydroxyl groups excluding tert-OH is 2. The average molecular weight is 239 g/mol. The highest BCUT2D eigenvalue weighted by atomic mass is 32.1. The van der Waals surface area contributed by atoms with E-state index in [1.54, 1.807) is 18.2 Å². The maximum absolute atomic E-state index is 9.78. The molecule has 0 aliphatic rings. The van der Waals surface area contributed by atoms with Gasteiger partial charge in [-0.3, -0.25) is 0 Å². The molecule has 0 saturated carbocycles. The standard InChI is InChI=1S/C10H13N3O2S/c11-4-7(14)9(15)5-1-2-6-8(3-5)16-10(12)13-6/h1-3,7,9,14-15H,4,11H2,(H2,12,13). The predicted octanol–water partition coefficient (Wildman–Crippen LogP) is 0.232. The fraction of sp³-hybridized carbons (Fsp3) is 0.300. The third-order valence-electron chi connectivity index (χ3n) is 2.38. The molecule has 86 valence electrons. The van der Waals surface area contributed by atoms with Crippen molar-refractivity contribution < 1.29 is 10.2 Å². The Balaban J connectivity index is 2.38. The van der Waals surface area contributed by atoms with Gasteiger partial charge in [0.25, 0.3) is 0 Å². The number of nitrogen functional groups attached to an aromatic ring is 1. The maximum Gasteiger partial charge on any atom is 0.181 e. The SMILES string of the molecule is NCC(O)C(O)c1ccc2nc(N)sc2c1. The second-order valence-electron chi connectivity index (χ2n) is 3.53. The van der Waals surface area contributed by atoms with Gasteiger partial charge in [-0.15, -0.1) is 0 Å². The van der Waals surface area contributed by atoms with Crippen LogP contribution in [0.25, 0.3) is 10.2 Å². The van der Waals surface area contributed by atoms with Gasteiger partial charge in [0, 0.05) is 6.54 Å². The highest BCUT2D eigenvalue weighted by molar-refractivity contribution is 7.22. The Bertz CT molecular complexity index is 500. The molecule has 2 rings (SSSR count). The van der Waals surface area contributed by atoms with Crippen molar-refractivity contribution in [2.75, 3.05) is 12.3 Å². The highest BCUT2D eigenvalue weighted by Crippen LogP contribution is 2.27. The summed E-state index contributed by atoms with van der Waals surface area (Å²) >= 11 is 1.35. The van der Waals surface area contributed by atoms with Crippen molar-refractivity contribution in [3.8, 4) is 0 Å². The first-order valence-electron chi connectivity index (χ1n) is 4.84. The number of aliphatic hydroxyl groups is 2. The largest absolute Gasteiger partial charge is 0.389 e. The minimum Gasteiger partial charge on any atom is -0.389 e. The summed E-state index contributed by atoms with van der Waals surface area (Å²) in [6, 6.07) is 5.25. The van der Waals surface area contributed by atoms with Crippen molar-refractivity contribution in [1.82, 2.24) is 4.98 Å². The van der Waals surface area contributed by atoms with E-state index in [4.69, 9.17) is 11.5 Å². The van der Waals surface area contributed by atoms with E-state index in [0.29, 0.717) is 10.7 Å². The molecule has 6 heteroatoms. The first kappa shape index (κ1) is 11.3. The molecule has 1 aromatic carbocycles. The molecule has 2 aromatic rings. The van der Waals surface area contributed by atoms with Gasteiger partial charge in [-0.05, 0) is 17.7 Å². The van der Waals surface area contributed by atoms with Gasteiger partial charge in [0.15, 0.2) is 5.13 Å². The van der Waals surface area contributed by atoms with Crippen LogP contribution >= 0.6 is 11.3 Å². The molecule has 5 nitrogen and oxygen atoms in total. The van der Waals surface area contributed by atoms with Crippen LogP contribution in [0.5, 0.6) is 0 Å². The van der Waals surface area contributed by atoms with Crippen LogP contribution in [0.4, 0.5) is 5.13 Å². The van der Waals surface area contributed by atoms with Gasteiger partial charge in [-0.2, -0.15) is 0 Å². The highest BCUT2D eigenvalue weighted by Gasteiger charge is 2.17. The van der Waals surface area contributed by atoms with Crippen molar-refractivity contribution in [1.29, 1.82) is 0 Å². The van der Waals surface area contributed by atoms with E-state index in [0.717, 1.165) is 10.2 Å². The molecular formula is C10H13N3O2S. The molecule has 0 radical (unpaired) electrons. The molecule has 1 aromatic heterocycles. The Hall–Kier alpha value is -1.21. The van der Waals surface area contributed by atoms with Crippen molar-refractivity contribution >= 4 is 26.7 Å². The number of nitrogens with two attached hydrogens (primary N) is 2. The van der Waals surface area contributed by atoms with E-state index in [2.05, 4.69) is 4.98 Å². The van der Waals surface area contributed by atoms with Gasteiger partial charge in [-0.1, -0.05) is 17.4 Å². The second-order valence-corrected chi connectivity index (χ2v) is 4.59. The summed E-state index contributed by atoms with van der Waals surface area (Å²) < 4.78 is 0.887. The number of fused-ring (bicyclic) bond motifs is 1. The van der Waals surface area contributed by atoms with Crippen LogP contribution < -0.4 is 11.5 Å². The van der Waals surface area contributed by atoms with Gasteiger partial charge in [0.1, 0.15) is 6.10 Å². The van der Waals surface area contributed by atoms with Gasteiger partial charge in [-0.25, -0.2) is 4.98 Å². The summed E-state index contributed by atoms with van der Waals surface area (Å²) in [6.45, 7) is 0.0179. The summed E-state index contributed by atoms with van der Waals surface area (Å²) in [5, 5.41) is 19.7. The van der Waals surface area contributed by atoms with Crippen LogP contribution in [0, 0.1) is 0 Å². The minimum absolute atomic E-state index is 0.0179. The van der Waals surface area contributed by atoms with E-state index in [9.17, 15) is 10.2 Å². The van der Waals surface area contributed by atoms with Crippen molar-refractivity contribution in [2.24, 2.45) is 5.73 Å². The topological polar surface area (TPSA) is 105 Å². The molecule has 1 heterocycles. The Kier molecular flexibility index (Phi) is 3.06. The molecule has 2 unspecified atom stereocenters. The fourth-order valence-corrected chi connectivity index (χ4v) is 2.28. The van der Waals surface area contributed by atoms with Gasteiger partial charge in [0.2, 0.25) is 0 Å². The fourth-order valence-electron chi connectivity index (χ4n) is 1.49. The van der Waals surface area contributed by atoms with Gasteiger partial charge < -0.3 is 21.7 Å². The number of aromatic nitrogens is 1. The van der Waals surface area contributed by atoms with Crippen molar-refractivity contribution in [2.45, 2.75) is 12.2 Å². The summed E-state index contributed by atoms with van der Waals surface area (Å²) in [5.41, 5.74) is 12.3. The van der Waals surface area contributed by atoms with E-state index in [-0.39, 0.29) is 6.54 Å². The van der Waals surface area contributed by atoms with Crippen molar-refractivity contribution in [3.05, 3.63) is 23.8 Å². The molecular weight excluding hydrogens is 226 g/mol. The van der Waals surface area contributed by atoms with Crippen LogP contribution in [0.3, 0.4) is 0 Å². The Morgan fingerprint density at radius 2 is 2.12 bits per heavy atom. The van der Waals surface area contributed by atoms with E-state index < -0.39 is 12.2 Å². The Morgan fingerprint density at radius 1 is 1.38 bits per heavy atom. The molecule has 2 atom stereocenters. The molecule has 6 N–H and O–H groups in total. The quantitative estimate of drug-likeness (QED) is 0.613. The Labute approximate surface area is 96.3 Å². The lowest BCUT2D eigenvalue weighted by Crippen LogP contribution is -2.27. The number of thiazole rings is 1. The lowest BCUT2D eigenvalue weighted by molar-refractivity contribution is 0.0244. The van der Waals surface area contributed by atoms with Crippen LogP contribution in [0.15, 0.2) is 18.2 Å². The number of benzene rings is 1. The van der Waals surface area contributed by atoms with Crippen LogP contribution in [-0.4, -0.2) is 27.8 Å². The second kappa shape index (κ2) is 4.34. The zero-order valence-corrected chi connectivity index (χ0v) is 9.31. The van der Waals surface area contributed by atoms with E-state index >= 15 is 0 Å². The van der Waals surface area contributed by atoms with Crippen LogP contribution in [0.1, 0.15) is 11.7 Å². The molecule has 16 heavy (non-hydrogen) atoms. The molecule has 0 amide bonds. The molecule has 0 aliphatic heterocycles. The first-order chi connectivity index (χ1) is 7.61. The monoisotopic (exact) mass is 239 g/mol. The summed E-state index contributed by atoms with van der Waals surface area (Å²) in [4.78, 5) is 4.11. The Morgan fingerprint density at radius 3 is 2.81 bits per heavy atom. The lowest BCUT2D eigenvalue weighted by atomic mass is 10.0. The minimum atomic E-state index is -0.974. The molecule has 0 saturated heterocycles. The third kappa shape index (κ3) is 2.00. The smallest absolute Gasteiger partial charge is 0.181 e. The van der Waals surface area contributed by atoms with E-state index in [1.165, 1.54) is 11.3 Å². The average Bonchev–Trinajstić information content (AvgIpc) is 2.65. The summed E-state index contributed by atoms with van der Waals surface area (Å²) in [5.74, 6) is 0. The van der Waals surface area contributed by atoms with Gasteiger partial charge >= 0.3 is 0 Å². The molecule has 0 fully saturated rings. The molecule has 0 bridgehead atoms. The molecule has 0 spiro atoms. The zero-order chi connectivity index (χ0) is 11.7. The summed E-state index contributed by atoms with van der Waals surface area (Å²) in [6.07, 6.45) is -1.93. The van der Waals surface area contributed by atoms with Crippen LogP contribution in [0.2, 0.25) is 0 Å². The summed E-state index contributed by atoms with van der Waals surface area (Å²) in [7, 11) is 0. The normalized spacial score (nSPS) is 15.2. The zero-order valence-electron chi connectivity index (χ0n) is 8.50. The number of rotatable bonds is 3. The van der Waals surface area contributed by atoms with Gasteiger partial charge in [0.05, 0.1) is 16.3 Å². The number of hydrogen-bond donors (Lipinski definition) is 4. The predicted molar refractivity (Wildman–Crippen MR) is 64.1 cm³/mol. The lowest BCUT2D eigenvalue weighted by Gasteiger charge is -2.16. The first-order valence-corrected chi connectivity index (χ1v) is 5.65. The number of hydrogen-bond acceptors (Lipinski definition) is 6. The van der Waals surface area contributed by atoms with E-state index in [1.807, 2.05) is 0 Å². The number of anilines is 1. The van der Waals surface area contributed by atoms with Crippen LogP contribution in [-0.2, 0) is 0 Å². The number of nitrogens with zero attached hydrogens (tertiary/aromatic N) is 1.